The smallest absolute Gasteiger partial charge is 0.249 e. The van der Waals surface area contributed by atoms with E-state index < -0.39 is 5.82 Å². The fourth-order valence-electron chi connectivity index (χ4n) is 6.03. The van der Waals surface area contributed by atoms with Crippen LogP contribution in [0.25, 0.3) is 0 Å². The number of rotatable bonds is 10. The highest BCUT2D eigenvalue weighted by molar-refractivity contribution is 6.04. The van der Waals surface area contributed by atoms with Gasteiger partial charge >= 0.3 is 0 Å². The summed E-state index contributed by atoms with van der Waals surface area (Å²) in [5, 5.41) is 12.5. The number of hydrogen-bond acceptors (Lipinski definition) is 10. The minimum atomic E-state index is -0.488. The lowest BCUT2D eigenvalue weighted by Gasteiger charge is -2.43. The van der Waals surface area contributed by atoms with Crippen LogP contribution in [-0.4, -0.2) is 109 Å². The van der Waals surface area contributed by atoms with Crippen molar-refractivity contribution in [2.75, 3.05) is 86.6 Å². The maximum absolute atomic E-state index is 15.5. The van der Waals surface area contributed by atoms with E-state index in [0.29, 0.717) is 36.0 Å². The highest BCUT2D eigenvalue weighted by Crippen LogP contribution is 2.40. The van der Waals surface area contributed by atoms with Gasteiger partial charge in [-0.05, 0) is 39.1 Å². The van der Waals surface area contributed by atoms with Crippen molar-refractivity contribution in [2.24, 2.45) is 0 Å². The molecule has 228 valence electrons. The van der Waals surface area contributed by atoms with E-state index in [9.17, 15) is 9.90 Å². The molecule has 0 radical (unpaired) electrons. The molecule has 5 rings (SSSR count). The van der Waals surface area contributed by atoms with Crippen molar-refractivity contribution in [2.45, 2.75) is 45.2 Å². The fourth-order valence-corrected chi connectivity index (χ4v) is 6.03. The monoisotopic (exact) mass is 582 g/mol. The number of benzene rings is 1. The molecule has 2 N–H and O–H groups in total. The van der Waals surface area contributed by atoms with Crippen molar-refractivity contribution >= 4 is 34.7 Å². The SMILES string of the molecule is CC=CN1CCC(N2c3nc(Nc4cc(N5CCN(C)CC5)cc(F)c4OCCCO)ncc3N(C)C(=O)[C@H]2CC)C1. The zero-order chi connectivity index (χ0) is 29.8. The predicted molar refractivity (Wildman–Crippen MR) is 163 cm³/mol. The summed E-state index contributed by atoms with van der Waals surface area (Å²) in [6, 6.07) is 3.15. The van der Waals surface area contributed by atoms with Gasteiger partial charge in [0.2, 0.25) is 11.9 Å². The first-order chi connectivity index (χ1) is 20.3. The molecule has 3 aliphatic heterocycles. The van der Waals surface area contributed by atoms with Gasteiger partial charge in [-0.15, -0.1) is 0 Å². The number of aromatic nitrogens is 2. The summed E-state index contributed by atoms with van der Waals surface area (Å²) in [7, 11) is 3.85. The Bertz CT molecular complexity index is 1290. The van der Waals surface area contributed by atoms with Gasteiger partial charge in [0.15, 0.2) is 17.4 Å². The standard InChI is InChI=1S/C30H43FN8O3/c1-5-9-37-10-8-21(20-37)39-25(6-2)29(41)36(4)26-19-32-30(34-28(26)39)33-24-18-22(38-13-11-35(3)12-14-38)17-23(31)27(24)42-16-7-15-40/h5,9,17-19,21,25,40H,6-8,10-16,20H2,1-4H3,(H,32,33,34)/t21?,25-/m1/s1. The highest BCUT2D eigenvalue weighted by Gasteiger charge is 2.42. The Labute approximate surface area is 247 Å². The van der Waals surface area contributed by atoms with Crippen LogP contribution in [0.2, 0.25) is 0 Å². The number of aliphatic hydroxyl groups is 1. The Morgan fingerprint density at radius 2 is 1.98 bits per heavy atom. The third-order valence-electron chi connectivity index (χ3n) is 8.33. The van der Waals surface area contributed by atoms with Crippen LogP contribution in [0.1, 0.15) is 33.1 Å². The molecule has 1 amide bonds. The number of likely N-dealkylation sites (tertiary alicyclic amines) is 1. The second-order valence-corrected chi connectivity index (χ2v) is 11.2. The number of allylic oxidation sites excluding steroid dienone is 1. The van der Waals surface area contributed by atoms with Crippen LogP contribution in [0.15, 0.2) is 30.6 Å². The minimum absolute atomic E-state index is 0.0281. The summed E-state index contributed by atoms with van der Waals surface area (Å²) in [6.45, 7) is 9.20. The number of likely N-dealkylation sites (N-methyl/N-ethyl adjacent to an activating group) is 2. The molecule has 1 aromatic carbocycles. The fraction of sp³-hybridized carbons (Fsp3) is 0.567. The molecule has 4 heterocycles. The van der Waals surface area contributed by atoms with E-state index in [2.05, 4.69) is 43.1 Å². The van der Waals surface area contributed by atoms with Gasteiger partial charge in [-0.2, -0.15) is 4.98 Å². The molecule has 42 heavy (non-hydrogen) atoms. The number of carbonyl (C=O) groups is 1. The van der Waals surface area contributed by atoms with Crippen molar-refractivity contribution in [3.63, 3.8) is 0 Å². The van der Waals surface area contributed by atoms with E-state index in [1.807, 2.05) is 26.0 Å². The number of nitrogens with zero attached hydrogens (tertiary/aromatic N) is 7. The van der Waals surface area contributed by atoms with Gasteiger partial charge in [0.1, 0.15) is 11.7 Å². The molecular formula is C30H43FN8O3. The average molecular weight is 583 g/mol. The Morgan fingerprint density at radius 1 is 1.19 bits per heavy atom. The topological polar surface area (TPSA) is 101 Å². The van der Waals surface area contributed by atoms with Crippen LogP contribution in [0.5, 0.6) is 5.75 Å². The number of aliphatic hydroxyl groups excluding tert-OH is 1. The number of ether oxygens (including phenoxy) is 1. The molecule has 2 fully saturated rings. The van der Waals surface area contributed by atoms with Crippen molar-refractivity contribution in [3.05, 3.63) is 36.4 Å². The summed E-state index contributed by atoms with van der Waals surface area (Å²) in [5.74, 6) is 0.586. The summed E-state index contributed by atoms with van der Waals surface area (Å²) >= 11 is 0. The number of piperazine rings is 1. The van der Waals surface area contributed by atoms with Gasteiger partial charge in [0.05, 0.1) is 24.5 Å². The first kappa shape index (κ1) is 29.8. The number of halogens is 1. The molecule has 3 aliphatic rings. The summed E-state index contributed by atoms with van der Waals surface area (Å²) in [4.78, 5) is 33.3. The summed E-state index contributed by atoms with van der Waals surface area (Å²) in [5.41, 5.74) is 1.82. The molecule has 0 spiro atoms. The average Bonchev–Trinajstić information content (AvgIpc) is 3.44. The van der Waals surface area contributed by atoms with Crippen LogP contribution in [0, 0.1) is 5.82 Å². The van der Waals surface area contributed by atoms with Crippen LogP contribution in [0.4, 0.5) is 33.2 Å². The molecule has 1 unspecified atom stereocenters. The number of carbonyl (C=O) groups excluding carboxylic acids is 1. The molecule has 0 aliphatic carbocycles. The lowest BCUT2D eigenvalue weighted by Crippen LogP contribution is -2.56. The predicted octanol–water partition coefficient (Wildman–Crippen LogP) is 3.04. The number of hydrogen-bond donors (Lipinski definition) is 2. The molecular weight excluding hydrogens is 539 g/mol. The normalized spacial score (nSPS) is 21.4. The van der Waals surface area contributed by atoms with Crippen LogP contribution in [-0.2, 0) is 4.79 Å². The Hall–Kier alpha value is -3.64. The lowest BCUT2D eigenvalue weighted by molar-refractivity contribution is -0.120. The van der Waals surface area contributed by atoms with Crippen molar-refractivity contribution in [3.8, 4) is 5.75 Å². The number of fused-ring (bicyclic) bond motifs is 1. The maximum Gasteiger partial charge on any atom is 0.249 e. The van der Waals surface area contributed by atoms with E-state index in [4.69, 9.17) is 9.72 Å². The van der Waals surface area contributed by atoms with E-state index >= 15 is 4.39 Å². The maximum atomic E-state index is 15.5. The van der Waals surface area contributed by atoms with Crippen LogP contribution >= 0.6 is 0 Å². The van der Waals surface area contributed by atoms with Gasteiger partial charge in [0, 0.05) is 71.1 Å². The molecule has 2 atom stereocenters. The molecule has 0 saturated carbocycles. The summed E-state index contributed by atoms with van der Waals surface area (Å²) in [6.07, 6.45) is 7.72. The van der Waals surface area contributed by atoms with Gasteiger partial charge in [-0.1, -0.05) is 13.0 Å². The van der Waals surface area contributed by atoms with Gasteiger partial charge < -0.3 is 39.7 Å². The van der Waals surface area contributed by atoms with Gasteiger partial charge in [-0.3, -0.25) is 4.79 Å². The first-order valence-corrected chi connectivity index (χ1v) is 14.9. The minimum Gasteiger partial charge on any atom is -0.488 e. The third-order valence-corrected chi connectivity index (χ3v) is 8.33. The van der Waals surface area contributed by atoms with Crippen molar-refractivity contribution in [1.82, 2.24) is 19.8 Å². The number of anilines is 5. The lowest BCUT2D eigenvalue weighted by atomic mass is 10.0. The zero-order valence-electron chi connectivity index (χ0n) is 25.1. The van der Waals surface area contributed by atoms with E-state index in [1.165, 1.54) is 6.07 Å². The number of amides is 1. The molecule has 1 aromatic heterocycles. The zero-order valence-corrected chi connectivity index (χ0v) is 25.1. The number of nitrogens with one attached hydrogen (secondary N) is 1. The quantitative estimate of drug-likeness (QED) is 0.407. The van der Waals surface area contributed by atoms with Crippen LogP contribution < -0.4 is 24.8 Å². The van der Waals surface area contributed by atoms with Crippen LogP contribution in [0.3, 0.4) is 0 Å². The van der Waals surface area contributed by atoms with Crippen molar-refractivity contribution < 1.29 is 19.0 Å². The van der Waals surface area contributed by atoms with Crippen molar-refractivity contribution in [1.29, 1.82) is 0 Å². The Kier molecular flexibility index (Phi) is 9.32. The van der Waals surface area contributed by atoms with E-state index in [-0.39, 0.29) is 37.0 Å². The molecule has 11 nitrogen and oxygen atoms in total. The molecule has 12 heteroatoms. The van der Waals surface area contributed by atoms with E-state index in [0.717, 1.165) is 51.4 Å². The Morgan fingerprint density at radius 3 is 2.69 bits per heavy atom. The largest absolute Gasteiger partial charge is 0.488 e. The molecule has 2 saturated heterocycles. The van der Waals surface area contributed by atoms with Gasteiger partial charge in [-0.25, -0.2) is 9.37 Å². The first-order valence-electron chi connectivity index (χ1n) is 14.9. The van der Waals surface area contributed by atoms with Gasteiger partial charge in [0.25, 0.3) is 0 Å². The summed E-state index contributed by atoms with van der Waals surface area (Å²) < 4.78 is 21.3. The van der Waals surface area contributed by atoms with E-state index in [1.54, 1.807) is 18.1 Å². The molecule has 0 bridgehead atoms. The second kappa shape index (κ2) is 13.1. The third kappa shape index (κ3) is 6.10. The Balaban J connectivity index is 1.50. The highest BCUT2D eigenvalue weighted by atomic mass is 19.1. The molecule has 2 aromatic rings. The second-order valence-electron chi connectivity index (χ2n) is 11.2.